The number of benzene rings is 3. The molecule has 1 saturated carbocycles. The number of nitrogens with two attached hydrogens (primary N) is 1. The van der Waals surface area contributed by atoms with E-state index in [1.165, 1.54) is 29.7 Å². The highest BCUT2D eigenvalue weighted by Gasteiger charge is 2.35. The van der Waals surface area contributed by atoms with E-state index in [9.17, 15) is 18.7 Å². The lowest BCUT2D eigenvalue weighted by Crippen LogP contribution is -2.50. The molecule has 0 aliphatic heterocycles. The first-order valence-corrected chi connectivity index (χ1v) is 14.5. The SMILES string of the molecule is Cc1cc(NC(Cc2cc(F)cc(F)c2)C(O)CNC2(c3cccc(C(C)(C)C)c3)CCCCC2)ccc1C(N)=O. The number of aryl methyl sites for hydroxylation is 1. The number of amides is 1. The van der Waals surface area contributed by atoms with E-state index in [1.807, 2.05) is 0 Å². The summed E-state index contributed by atoms with van der Waals surface area (Å²) in [5.74, 6) is -1.83. The number of halogens is 2. The fourth-order valence-corrected chi connectivity index (χ4v) is 5.96. The van der Waals surface area contributed by atoms with E-state index in [1.54, 1.807) is 25.1 Å². The smallest absolute Gasteiger partial charge is 0.248 e. The predicted octanol–water partition coefficient (Wildman–Crippen LogP) is 6.50. The van der Waals surface area contributed by atoms with Crippen molar-refractivity contribution in [1.82, 2.24) is 5.32 Å². The second kappa shape index (κ2) is 12.7. The molecule has 0 bridgehead atoms. The van der Waals surface area contributed by atoms with Gasteiger partial charge in [-0.25, -0.2) is 8.78 Å². The number of aliphatic hydroxyl groups excluding tert-OH is 1. The highest BCUT2D eigenvalue weighted by molar-refractivity contribution is 5.94. The quantitative estimate of drug-likeness (QED) is 0.227. The molecule has 4 rings (SSSR count). The molecule has 220 valence electrons. The number of hydrogen-bond acceptors (Lipinski definition) is 4. The molecule has 1 fully saturated rings. The summed E-state index contributed by atoms with van der Waals surface area (Å²) in [5, 5.41) is 18.7. The summed E-state index contributed by atoms with van der Waals surface area (Å²) in [5.41, 5.74) is 9.95. The van der Waals surface area contributed by atoms with Crippen LogP contribution in [0.5, 0.6) is 0 Å². The summed E-state index contributed by atoms with van der Waals surface area (Å²) in [6.45, 7) is 8.70. The highest BCUT2D eigenvalue weighted by atomic mass is 19.1. The number of carbonyl (C=O) groups excluding carboxylic acids is 1. The molecule has 7 heteroatoms. The summed E-state index contributed by atoms with van der Waals surface area (Å²) in [4.78, 5) is 11.7. The molecule has 0 radical (unpaired) electrons. The van der Waals surface area contributed by atoms with Crippen LogP contribution in [0.2, 0.25) is 0 Å². The summed E-state index contributed by atoms with van der Waals surface area (Å²) < 4.78 is 28.1. The van der Waals surface area contributed by atoms with Gasteiger partial charge in [0, 0.05) is 29.4 Å². The zero-order valence-electron chi connectivity index (χ0n) is 24.6. The Hall–Kier alpha value is -3.29. The maximum atomic E-state index is 14.0. The van der Waals surface area contributed by atoms with Gasteiger partial charge in [-0.15, -0.1) is 0 Å². The van der Waals surface area contributed by atoms with Crippen LogP contribution in [0, 0.1) is 18.6 Å². The number of carbonyl (C=O) groups is 1. The molecule has 2 unspecified atom stereocenters. The van der Waals surface area contributed by atoms with Crippen molar-refractivity contribution >= 4 is 11.6 Å². The lowest BCUT2D eigenvalue weighted by molar-refractivity contribution is 0.0999. The topological polar surface area (TPSA) is 87.4 Å². The molecule has 1 aliphatic rings. The summed E-state index contributed by atoms with van der Waals surface area (Å²) in [6, 6.07) is 16.8. The zero-order chi connectivity index (χ0) is 29.8. The Morgan fingerprint density at radius 2 is 1.68 bits per heavy atom. The van der Waals surface area contributed by atoms with Crippen LogP contribution in [-0.2, 0) is 17.4 Å². The van der Waals surface area contributed by atoms with E-state index in [-0.39, 0.29) is 23.9 Å². The largest absolute Gasteiger partial charge is 0.390 e. The van der Waals surface area contributed by atoms with Crippen LogP contribution in [-0.4, -0.2) is 29.7 Å². The molecule has 3 aromatic rings. The van der Waals surface area contributed by atoms with Gasteiger partial charge in [0.15, 0.2) is 0 Å². The summed E-state index contributed by atoms with van der Waals surface area (Å²) in [7, 11) is 0. The Morgan fingerprint density at radius 3 is 2.29 bits per heavy atom. The molecular weight excluding hydrogens is 520 g/mol. The van der Waals surface area contributed by atoms with E-state index in [0.29, 0.717) is 22.4 Å². The van der Waals surface area contributed by atoms with Crippen molar-refractivity contribution in [2.75, 3.05) is 11.9 Å². The average molecular weight is 564 g/mol. The second-order valence-electron chi connectivity index (χ2n) is 12.5. The monoisotopic (exact) mass is 563 g/mol. The van der Waals surface area contributed by atoms with Gasteiger partial charge in [-0.2, -0.15) is 0 Å². The number of aliphatic hydroxyl groups is 1. The molecule has 1 aliphatic carbocycles. The Balaban J connectivity index is 1.60. The van der Waals surface area contributed by atoms with Crippen molar-refractivity contribution in [3.05, 3.63) is 100 Å². The third kappa shape index (κ3) is 7.72. The molecular formula is C34H43F2N3O2. The lowest BCUT2D eigenvalue weighted by Gasteiger charge is -2.41. The Labute approximate surface area is 242 Å². The van der Waals surface area contributed by atoms with E-state index in [4.69, 9.17) is 5.73 Å². The van der Waals surface area contributed by atoms with Gasteiger partial charge in [0.25, 0.3) is 0 Å². The lowest BCUT2D eigenvalue weighted by atomic mass is 9.74. The minimum absolute atomic E-state index is 0.0167. The molecule has 5 nitrogen and oxygen atoms in total. The van der Waals surface area contributed by atoms with Gasteiger partial charge < -0.3 is 21.5 Å². The normalized spacial score (nSPS) is 16.7. The van der Waals surface area contributed by atoms with Crippen LogP contribution in [0.15, 0.2) is 60.7 Å². The molecule has 0 saturated heterocycles. The molecule has 0 aromatic heterocycles. The van der Waals surface area contributed by atoms with Gasteiger partial charge in [-0.3, -0.25) is 4.79 Å². The number of primary amides is 1. The number of anilines is 1. The van der Waals surface area contributed by atoms with Crippen molar-refractivity contribution in [1.29, 1.82) is 0 Å². The minimum atomic E-state index is -0.887. The van der Waals surface area contributed by atoms with E-state index in [0.717, 1.165) is 31.7 Å². The van der Waals surface area contributed by atoms with E-state index < -0.39 is 29.7 Å². The Kier molecular flexibility index (Phi) is 9.50. The number of nitrogens with one attached hydrogen (secondary N) is 2. The van der Waals surface area contributed by atoms with Gasteiger partial charge >= 0.3 is 0 Å². The van der Waals surface area contributed by atoms with Gasteiger partial charge in [0.05, 0.1) is 12.1 Å². The fraction of sp³-hybridized carbons (Fsp3) is 0.441. The first kappa shape index (κ1) is 30.7. The standard InChI is InChI=1S/C34H43F2N3O2/c1-22-15-28(11-12-29(22)32(37)41)39-30(18-23-16-26(35)20-27(36)17-23)31(40)21-38-34(13-6-5-7-14-34)25-10-8-9-24(19-25)33(2,3)4/h8-12,15-17,19-20,30-31,38-40H,5-7,13-14,18,21H2,1-4H3,(H2,37,41). The van der Waals surface area contributed by atoms with Crippen LogP contribution in [0.1, 0.15) is 85.5 Å². The molecule has 0 heterocycles. The molecule has 41 heavy (non-hydrogen) atoms. The van der Waals surface area contributed by atoms with E-state index in [2.05, 4.69) is 55.7 Å². The molecule has 3 aromatic carbocycles. The number of rotatable bonds is 10. The molecule has 1 amide bonds. The van der Waals surface area contributed by atoms with E-state index >= 15 is 0 Å². The fourth-order valence-electron chi connectivity index (χ4n) is 5.96. The maximum Gasteiger partial charge on any atom is 0.248 e. The third-order valence-corrected chi connectivity index (χ3v) is 8.32. The van der Waals surface area contributed by atoms with Crippen LogP contribution in [0.25, 0.3) is 0 Å². The molecule has 5 N–H and O–H groups in total. The van der Waals surface area contributed by atoms with Crippen molar-refractivity contribution < 1.29 is 18.7 Å². The minimum Gasteiger partial charge on any atom is -0.390 e. The number of hydrogen-bond donors (Lipinski definition) is 4. The first-order valence-electron chi connectivity index (χ1n) is 14.5. The summed E-state index contributed by atoms with van der Waals surface area (Å²) >= 11 is 0. The van der Waals surface area contributed by atoms with Crippen LogP contribution < -0.4 is 16.4 Å². The highest BCUT2D eigenvalue weighted by Crippen LogP contribution is 2.39. The Morgan fingerprint density at radius 1 is 1.00 bits per heavy atom. The van der Waals surface area contributed by atoms with Crippen molar-refractivity contribution in [2.24, 2.45) is 5.73 Å². The van der Waals surface area contributed by atoms with Crippen molar-refractivity contribution in [3.8, 4) is 0 Å². The maximum absolute atomic E-state index is 14.0. The van der Waals surface area contributed by atoms with Gasteiger partial charge in [0.2, 0.25) is 5.91 Å². The van der Waals surface area contributed by atoms with Crippen molar-refractivity contribution in [3.63, 3.8) is 0 Å². The van der Waals surface area contributed by atoms with Gasteiger partial charge in [-0.05, 0) is 84.2 Å². The van der Waals surface area contributed by atoms with Crippen LogP contribution in [0.4, 0.5) is 14.5 Å². The third-order valence-electron chi connectivity index (χ3n) is 8.32. The zero-order valence-corrected chi connectivity index (χ0v) is 24.6. The first-order chi connectivity index (χ1) is 19.4. The van der Waals surface area contributed by atoms with Crippen LogP contribution >= 0.6 is 0 Å². The van der Waals surface area contributed by atoms with Gasteiger partial charge in [0.1, 0.15) is 11.6 Å². The van der Waals surface area contributed by atoms with Crippen LogP contribution in [0.3, 0.4) is 0 Å². The van der Waals surface area contributed by atoms with Crippen molar-refractivity contribution in [2.45, 2.75) is 89.3 Å². The average Bonchev–Trinajstić information content (AvgIpc) is 2.91. The predicted molar refractivity (Wildman–Crippen MR) is 161 cm³/mol. The molecule has 0 spiro atoms. The van der Waals surface area contributed by atoms with Gasteiger partial charge in [-0.1, -0.05) is 64.3 Å². The molecule has 2 atom stereocenters. The second-order valence-corrected chi connectivity index (χ2v) is 12.5. The summed E-state index contributed by atoms with van der Waals surface area (Å²) in [6.07, 6.45) is 4.61. The Bertz CT molecular complexity index is 1340.